The zero-order valence-electron chi connectivity index (χ0n) is 13.1. The number of nitrogens with two attached hydrogens (primary N) is 1. The first kappa shape index (κ1) is 17.5. The summed E-state index contributed by atoms with van der Waals surface area (Å²) in [7, 11) is 1.69. The molecule has 0 aromatic heterocycles. The molecule has 2 N–H and O–H groups in total. The summed E-state index contributed by atoms with van der Waals surface area (Å²) in [4.78, 5) is 2.47. The summed E-state index contributed by atoms with van der Waals surface area (Å²) in [6.07, 6.45) is 1.15. The Balaban J connectivity index is 2.77. The highest BCUT2D eigenvalue weighted by Crippen LogP contribution is 2.26. The van der Waals surface area contributed by atoms with Gasteiger partial charge in [0.1, 0.15) is 5.75 Å². The molecular weight excluding hydrogens is 316 g/mol. The number of benzene rings is 1. The van der Waals surface area contributed by atoms with Crippen LogP contribution in [0.3, 0.4) is 0 Å². The standard InChI is InChI=1S/C16H27BrN2O/c1-5-8-19(12-16(2,3)11-18)10-13-6-7-15(20-4)14(17)9-13/h6-7,9H,5,8,10-12,18H2,1-4H3. The van der Waals surface area contributed by atoms with Crippen LogP contribution in [0.15, 0.2) is 22.7 Å². The van der Waals surface area contributed by atoms with Gasteiger partial charge >= 0.3 is 0 Å². The molecule has 1 aromatic carbocycles. The molecule has 0 unspecified atom stereocenters. The van der Waals surface area contributed by atoms with Gasteiger partial charge in [-0.2, -0.15) is 0 Å². The van der Waals surface area contributed by atoms with Crippen molar-refractivity contribution in [2.45, 2.75) is 33.7 Å². The van der Waals surface area contributed by atoms with Gasteiger partial charge in [-0.25, -0.2) is 0 Å². The molecule has 1 aromatic rings. The number of ether oxygens (including phenoxy) is 1. The van der Waals surface area contributed by atoms with Gasteiger partial charge in [0.25, 0.3) is 0 Å². The lowest BCUT2D eigenvalue weighted by molar-refractivity contribution is 0.176. The molecule has 0 aliphatic rings. The maximum Gasteiger partial charge on any atom is 0.133 e. The Hall–Kier alpha value is -0.580. The monoisotopic (exact) mass is 342 g/mol. The maximum atomic E-state index is 5.86. The van der Waals surface area contributed by atoms with Gasteiger partial charge in [0.2, 0.25) is 0 Å². The van der Waals surface area contributed by atoms with Crippen molar-refractivity contribution in [3.63, 3.8) is 0 Å². The average molecular weight is 343 g/mol. The van der Waals surface area contributed by atoms with Crippen LogP contribution in [-0.2, 0) is 6.54 Å². The largest absolute Gasteiger partial charge is 0.496 e. The summed E-state index contributed by atoms with van der Waals surface area (Å²) < 4.78 is 6.28. The Morgan fingerprint density at radius 2 is 2.05 bits per heavy atom. The SMILES string of the molecule is CCCN(Cc1ccc(OC)c(Br)c1)CC(C)(C)CN. The molecule has 0 radical (unpaired) electrons. The van der Waals surface area contributed by atoms with Crippen LogP contribution in [0.1, 0.15) is 32.8 Å². The highest BCUT2D eigenvalue weighted by Gasteiger charge is 2.20. The third-order valence-electron chi connectivity index (χ3n) is 3.37. The zero-order chi connectivity index (χ0) is 15.2. The van der Waals surface area contributed by atoms with Crippen LogP contribution >= 0.6 is 15.9 Å². The van der Waals surface area contributed by atoms with Crippen LogP contribution in [0.5, 0.6) is 5.75 Å². The van der Waals surface area contributed by atoms with E-state index in [2.05, 4.69) is 53.7 Å². The van der Waals surface area contributed by atoms with Crippen molar-refractivity contribution in [2.24, 2.45) is 11.1 Å². The smallest absolute Gasteiger partial charge is 0.133 e. The Kier molecular flexibility index (Phi) is 7.00. The fraction of sp³-hybridized carbons (Fsp3) is 0.625. The van der Waals surface area contributed by atoms with Crippen molar-refractivity contribution >= 4 is 15.9 Å². The molecule has 0 saturated carbocycles. The van der Waals surface area contributed by atoms with Crippen molar-refractivity contribution in [3.05, 3.63) is 28.2 Å². The lowest BCUT2D eigenvalue weighted by Crippen LogP contribution is -2.38. The average Bonchev–Trinajstić information content (AvgIpc) is 2.39. The molecule has 0 aliphatic heterocycles. The topological polar surface area (TPSA) is 38.5 Å². The quantitative estimate of drug-likeness (QED) is 0.783. The highest BCUT2D eigenvalue weighted by molar-refractivity contribution is 9.10. The van der Waals surface area contributed by atoms with Gasteiger partial charge in [-0.3, -0.25) is 4.90 Å². The first-order valence-corrected chi connectivity index (χ1v) is 7.96. The fourth-order valence-electron chi connectivity index (χ4n) is 2.27. The van der Waals surface area contributed by atoms with Gasteiger partial charge in [-0.15, -0.1) is 0 Å². The van der Waals surface area contributed by atoms with E-state index in [9.17, 15) is 0 Å². The lowest BCUT2D eigenvalue weighted by Gasteiger charge is -2.31. The summed E-state index contributed by atoms with van der Waals surface area (Å²) >= 11 is 3.55. The van der Waals surface area contributed by atoms with E-state index in [4.69, 9.17) is 10.5 Å². The number of rotatable bonds is 8. The Labute approximate surface area is 131 Å². The predicted octanol–water partition coefficient (Wildman–Crippen LogP) is 3.65. The summed E-state index contributed by atoms with van der Waals surface area (Å²) in [5.41, 5.74) is 7.30. The second-order valence-electron chi connectivity index (χ2n) is 6.05. The molecular formula is C16H27BrN2O. The third-order valence-corrected chi connectivity index (χ3v) is 3.99. The molecule has 0 aliphatic carbocycles. The van der Waals surface area contributed by atoms with Crippen molar-refractivity contribution in [1.82, 2.24) is 4.90 Å². The predicted molar refractivity (Wildman–Crippen MR) is 89.1 cm³/mol. The van der Waals surface area contributed by atoms with E-state index in [1.807, 2.05) is 6.07 Å². The van der Waals surface area contributed by atoms with Crippen LogP contribution in [0.25, 0.3) is 0 Å². The van der Waals surface area contributed by atoms with Gasteiger partial charge in [0, 0.05) is 13.1 Å². The van der Waals surface area contributed by atoms with Crippen LogP contribution in [0.2, 0.25) is 0 Å². The van der Waals surface area contributed by atoms with E-state index in [0.717, 1.165) is 36.3 Å². The van der Waals surface area contributed by atoms with Gasteiger partial charge in [0.15, 0.2) is 0 Å². The third kappa shape index (κ3) is 5.43. The minimum Gasteiger partial charge on any atom is -0.496 e. The molecule has 0 fully saturated rings. The van der Waals surface area contributed by atoms with E-state index >= 15 is 0 Å². The van der Waals surface area contributed by atoms with Crippen LogP contribution < -0.4 is 10.5 Å². The molecule has 0 bridgehead atoms. The minimum atomic E-state index is 0.152. The van der Waals surface area contributed by atoms with Crippen LogP contribution in [-0.4, -0.2) is 31.6 Å². The second kappa shape index (κ2) is 8.01. The van der Waals surface area contributed by atoms with Crippen molar-refractivity contribution in [1.29, 1.82) is 0 Å². The highest BCUT2D eigenvalue weighted by atomic mass is 79.9. The maximum absolute atomic E-state index is 5.86. The normalized spacial score (nSPS) is 11.9. The Morgan fingerprint density at radius 1 is 1.35 bits per heavy atom. The molecule has 0 spiro atoms. The molecule has 0 amide bonds. The second-order valence-corrected chi connectivity index (χ2v) is 6.90. The number of nitrogens with zero attached hydrogens (tertiary/aromatic N) is 1. The number of hydrogen-bond acceptors (Lipinski definition) is 3. The van der Waals surface area contributed by atoms with Gasteiger partial charge in [-0.05, 0) is 58.6 Å². The number of halogens is 1. The Morgan fingerprint density at radius 3 is 2.55 bits per heavy atom. The lowest BCUT2D eigenvalue weighted by atomic mass is 9.93. The molecule has 0 atom stereocenters. The van der Waals surface area contributed by atoms with E-state index < -0.39 is 0 Å². The summed E-state index contributed by atoms with van der Waals surface area (Å²) in [5.74, 6) is 0.873. The van der Waals surface area contributed by atoms with Gasteiger partial charge in [-0.1, -0.05) is 26.8 Å². The van der Waals surface area contributed by atoms with Crippen molar-refractivity contribution in [3.8, 4) is 5.75 Å². The van der Waals surface area contributed by atoms with Crippen molar-refractivity contribution < 1.29 is 4.74 Å². The summed E-state index contributed by atoms with van der Waals surface area (Å²) in [5, 5.41) is 0. The molecule has 20 heavy (non-hydrogen) atoms. The first-order valence-electron chi connectivity index (χ1n) is 7.16. The van der Waals surface area contributed by atoms with E-state index in [-0.39, 0.29) is 5.41 Å². The van der Waals surface area contributed by atoms with Gasteiger partial charge in [0.05, 0.1) is 11.6 Å². The molecule has 3 nitrogen and oxygen atoms in total. The Bertz CT molecular complexity index is 421. The number of methoxy groups -OCH3 is 1. The summed E-state index contributed by atoms with van der Waals surface area (Å²) in [6.45, 7) is 10.4. The molecule has 0 heterocycles. The van der Waals surface area contributed by atoms with E-state index in [0.29, 0.717) is 6.54 Å². The molecule has 0 saturated heterocycles. The minimum absolute atomic E-state index is 0.152. The molecule has 114 valence electrons. The molecule has 1 rings (SSSR count). The zero-order valence-corrected chi connectivity index (χ0v) is 14.7. The van der Waals surface area contributed by atoms with Crippen LogP contribution in [0.4, 0.5) is 0 Å². The van der Waals surface area contributed by atoms with E-state index in [1.165, 1.54) is 5.56 Å². The molecule has 4 heteroatoms. The summed E-state index contributed by atoms with van der Waals surface area (Å²) in [6, 6.07) is 6.27. The number of hydrogen-bond donors (Lipinski definition) is 1. The van der Waals surface area contributed by atoms with Crippen molar-refractivity contribution in [2.75, 3.05) is 26.7 Å². The fourth-order valence-corrected chi connectivity index (χ4v) is 2.85. The first-order chi connectivity index (χ1) is 9.41. The van der Waals surface area contributed by atoms with E-state index in [1.54, 1.807) is 7.11 Å². The van der Waals surface area contributed by atoms with Gasteiger partial charge < -0.3 is 10.5 Å². The van der Waals surface area contributed by atoms with Crippen LogP contribution in [0, 0.1) is 5.41 Å².